The maximum Gasteiger partial charge on any atom is 0.329 e. The molecule has 0 bridgehead atoms. The first kappa shape index (κ1) is 19.1. The predicted molar refractivity (Wildman–Crippen MR) is 94.2 cm³/mol. The molecule has 6 nitrogen and oxygen atoms in total. The van der Waals surface area contributed by atoms with E-state index in [1.165, 1.54) is 7.11 Å². The smallest absolute Gasteiger partial charge is 0.329 e. The molecule has 1 aromatic rings. The third-order valence-electron chi connectivity index (χ3n) is 4.47. The predicted octanol–water partition coefficient (Wildman–Crippen LogP) is 3.25. The summed E-state index contributed by atoms with van der Waals surface area (Å²) in [5.41, 5.74) is -0.810. The second kappa shape index (κ2) is 8.23. The normalized spacial score (nSPS) is 16.3. The second-order valence-electron chi connectivity index (χ2n) is 6.97. The Morgan fingerprint density at radius 1 is 1.20 bits per heavy atom. The number of amides is 1. The van der Waals surface area contributed by atoms with Crippen molar-refractivity contribution in [2.75, 3.05) is 13.7 Å². The molecule has 0 saturated heterocycles. The highest BCUT2D eigenvalue weighted by atomic mass is 16.5. The molecule has 1 amide bonds. The SMILES string of the molecule is COc1cc(C(=O)NC2(C(=O)O)CCCCC2)ccc1OCC(C)C. The molecule has 1 aliphatic rings. The van der Waals surface area contributed by atoms with Crippen LogP contribution in [0.1, 0.15) is 56.3 Å². The molecule has 0 unspecified atom stereocenters. The number of aliphatic carboxylic acids is 1. The van der Waals surface area contributed by atoms with Gasteiger partial charge in [0.2, 0.25) is 0 Å². The average Bonchev–Trinajstić information content (AvgIpc) is 2.60. The Morgan fingerprint density at radius 2 is 1.88 bits per heavy atom. The van der Waals surface area contributed by atoms with Gasteiger partial charge in [-0.1, -0.05) is 33.1 Å². The lowest BCUT2D eigenvalue weighted by Crippen LogP contribution is -2.55. The minimum atomic E-state index is -1.17. The van der Waals surface area contributed by atoms with Crippen LogP contribution < -0.4 is 14.8 Å². The molecule has 1 fully saturated rings. The molecule has 1 aliphatic carbocycles. The molecule has 0 spiro atoms. The number of ether oxygens (including phenoxy) is 2. The lowest BCUT2D eigenvalue weighted by molar-refractivity contribution is -0.145. The van der Waals surface area contributed by atoms with Crippen molar-refractivity contribution in [3.63, 3.8) is 0 Å². The van der Waals surface area contributed by atoms with Gasteiger partial charge in [0.05, 0.1) is 13.7 Å². The van der Waals surface area contributed by atoms with Gasteiger partial charge in [-0.15, -0.1) is 0 Å². The van der Waals surface area contributed by atoms with Gasteiger partial charge in [0.25, 0.3) is 5.91 Å². The highest BCUT2D eigenvalue weighted by Gasteiger charge is 2.41. The topological polar surface area (TPSA) is 84.9 Å². The fourth-order valence-corrected chi connectivity index (χ4v) is 3.02. The van der Waals surface area contributed by atoms with Crippen molar-refractivity contribution in [1.82, 2.24) is 5.32 Å². The van der Waals surface area contributed by atoms with Crippen molar-refractivity contribution in [2.24, 2.45) is 5.92 Å². The van der Waals surface area contributed by atoms with Gasteiger partial charge < -0.3 is 19.9 Å². The first-order valence-corrected chi connectivity index (χ1v) is 8.75. The summed E-state index contributed by atoms with van der Waals surface area (Å²) in [7, 11) is 1.51. The van der Waals surface area contributed by atoms with Gasteiger partial charge >= 0.3 is 5.97 Å². The molecule has 0 aromatic heterocycles. The van der Waals surface area contributed by atoms with Crippen molar-refractivity contribution in [3.05, 3.63) is 23.8 Å². The van der Waals surface area contributed by atoms with Crippen molar-refractivity contribution >= 4 is 11.9 Å². The van der Waals surface area contributed by atoms with E-state index in [1.807, 2.05) is 13.8 Å². The van der Waals surface area contributed by atoms with Crippen LogP contribution >= 0.6 is 0 Å². The summed E-state index contributed by atoms with van der Waals surface area (Å²) in [4.78, 5) is 24.3. The van der Waals surface area contributed by atoms with E-state index in [2.05, 4.69) is 5.32 Å². The Hall–Kier alpha value is -2.24. The molecular weight excluding hydrogens is 322 g/mol. The zero-order chi connectivity index (χ0) is 18.4. The molecule has 2 rings (SSSR count). The van der Waals surface area contributed by atoms with E-state index >= 15 is 0 Å². The molecule has 25 heavy (non-hydrogen) atoms. The van der Waals surface area contributed by atoms with E-state index in [0.717, 1.165) is 19.3 Å². The third-order valence-corrected chi connectivity index (χ3v) is 4.47. The van der Waals surface area contributed by atoms with Gasteiger partial charge in [0.15, 0.2) is 11.5 Å². The van der Waals surface area contributed by atoms with Gasteiger partial charge in [-0.05, 0) is 37.0 Å². The van der Waals surface area contributed by atoms with Crippen LogP contribution in [0.25, 0.3) is 0 Å². The number of carboxylic acid groups (broad SMARTS) is 1. The lowest BCUT2D eigenvalue weighted by Gasteiger charge is -2.34. The zero-order valence-corrected chi connectivity index (χ0v) is 15.1. The molecule has 0 radical (unpaired) electrons. The first-order chi connectivity index (χ1) is 11.9. The largest absolute Gasteiger partial charge is 0.493 e. The molecule has 1 aromatic carbocycles. The van der Waals surface area contributed by atoms with Gasteiger partial charge in [0, 0.05) is 5.56 Å². The van der Waals surface area contributed by atoms with E-state index in [9.17, 15) is 14.7 Å². The first-order valence-electron chi connectivity index (χ1n) is 8.75. The van der Waals surface area contributed by atoms with Crippen LogP contribution in [0.3, 0.4) is 0 Å². The monoisotopic (exact) mass is 349 g/mol. The number of benzene rings is 1. The molecule has 0 heterocycles. The van der Waals surface area contributed by atoms with Gasteiger partial charge in [0.1, 0.15) is 5.54 Å². The van der Waals surface area contributed by atoms with Crippen LogP contribution in [-0.4, -0.2) is 36.2 Å². The minimum Gasteiger partial charge on any atom is -0.493 e. The Labute approximate surface area is 148 Å². The van der Waals surface area contributed by atoms with Crippen molar-refractivity contribution < 1.29 is 24.2 Å². The standard InChI is InChI=1S/C19H27NO5/c1-13(2)12-25-15-8-7-14(11-16(15)24-3)17(21)20-19(18(22)23)9-5-4-6-10-19/h7-8,11,13H,4-6,9-10,12H2,1-3H3,(H,20,21)(H,22,23). The van der Waals surface area contributed by atoms with E-state index in [1.54, 1.807) is 18.2 Å². The number of nitrogens with one attached hydrogen (secondary N) is 1. The van der Waals surface area contributed by atoms with Crippen LogP contribution in [0.4, 0.5) is 0 Å². The van der Waals surface area contributed by atoms with Crippen molar-refractivity contribution in [2.45, 2.75) is 51.5 Å². The van der Waals surface area contributed by atoms with E-state index < -0.39 is 17.4 Å². The second-order valence-corrected chi connectivity index (χ2v) is 6.97. The Kier molecular flexibility index (Phi) is 6.28. The quantitative estimate of drug-likeness (QED) is 0.789. The third kappa shape index (κ3) is 4.65. The number of carbonyl (C=O) groups is 2. The molecule has 2 N–H and O–H groups in total. The summed E-state index contributed by atoms with van der Waals surface area (Å²) >= 11 is 0. The fraction of sp³-hybridized carbons (Fsp3) is 0.579. The highest BCUT2D eigenvalue weighted by molar-refractivity contribution is 5.98. The molecule has 138 valence electrons. The van der Waals surface area contributed by atoms with E-state index in [-0.39, 0.29) is 0 Å². The Bertz CT molecular complexity index is 620. The number of hydrogen-bond acceptors (Lipinski definition) is 4. The van der Waals surface area contributed by atoms with Crippen LogP contribution in [0.15, 0.2) is 18.2 Å². The Balaban J connectivity index is 2.16. The van der Waals surface area contributed by atoms with E-state index in [4.69, 9.17) is 9.47 Å². The van der Waals surface area contributed by atoms with Gasteiger partial charge in [-0.25, -0.2) is 4.79 Å². The van der Waals surface area contributed by atoms with Crippen LogP contribution in [0.5, 0.6) is 11.5 Å². The van der Waals surface area contributed by atoms with Gasteiger partial charge in [-0.2, -0.15) is 0 Å². The molecule has 6 heteroatoms. The highest BCUT2D eigenvalue weighted by Crippen LogP contribution is 2.31. The molecular formula is C19H27NO5. The number of rotatable bonds is 7. The Morgan fingerprint density at radius 3 is 2.44 bits per heavy atom. The van der Waals surface area contributed by atoms with Gasteiger partial charge in [-0.3, -0.25) is 4.79 Å². The summed E-state index contributed by atoms with van der Waals surface area (Å²) in [6.07, 6.45) is 3.53. The van der Waals surface area contributed by atoms with Crippen molar-refractivity contribution in [3.8, 4) is 11.5 Å². The van der Waals surface area contributed by atoms with Crippen molar-refractivity contribution in [1.29, 1.82) is 0 Å². The number of hydrogen-bond donors (Lipinski definition) is 2. The lowest BCUT2D eigenvalue weighted by atomic mass is 9.81. The summed E-state index contributed by atoms with van der Waals surface area (Å²) in [5.74, 6) is 0.0245. The fourth-order valence-electron chi connectivity index (χ4n) is 3.02. The minimum absolute atomic E-state index is 0.361. The van der Waals surface area contributed by atoms with Crippen LogP contribution in [0, 0.1) is 5.92 Å². The maximum atomic E-state index is 12.6. The van der Waals surface area contributed by atoms with Crippen LogP contribution in [0.2, 0.25) is 0 Å². The number of carboxylic acids is 1. The molecule has 0 atom stereocenters. The zero-order valence-electron chi connectivity index (χ0n) is 15.1. The summed E-state index contributed by atoms with van der Waals surface area (Å²) in [6, 6.07) is 4.90. The molecule has 0 aliphatic heterocycles. The number of methoxy groups -OCH3 is 1. The van der Waals surface area contributed by atoms with E-state index in [0.29, 0.717) is 42.4 Å². The number of carbonyl (C=O) groups excluding carboxylic acids is 1. The summed E-state index contributed by atoms with van der Waals surface area (Å²) < 4.78 is 11.0. The maximum absolute atomic E-state index is 12.6. The molecule has 1 saturated carbocycles. The van der Waals surface area contributed by atoms with Crippen LogP contribution in [-0.2, 0) is 4.79 Å². The summed E-state index contributed by atoms with van der Waals surface area (Å²) in [6.45, 7) is 4.64. The summed E-state index contributed by atoms with van der Waals surface area (Å²) in [5, 5.41) is 12.3. The average molecular weight is 349 g/mol.